The summed E-state index contributed by atoms with van der Waals surface area (Å²) in [4.78, 5) is 12.6. The number of aryl methyl sites for hydroxylation is 3. The molecule has 140 valence electrons. The van der Waals surface area contributed by atoms with Crippen molar-refractivity contribution in [3.63, 3.8) is 0 Å². The Morgan fingerprint density at radius 1 is 1.19 bits per heavy atom. The second-order valence-electron chi connectivity index (χ2n) is 6.27. The van der Waals surface area contributed by atoms with Gasteiger partial charge in [-0.25, -0.2) is 0 Å². The average molecular weight is 385 g/mol. The number of anilines is 1. The molecule has 0 aliphatic rings. The third-order valence-electron chi connectivity index (χ3n) is 4.34. The molecule has 0 bridgehead atoms. The quantitative estimate of drug-likeness (QED) is 0.623. The Morgan fingerprint density at radius 2 is 1.93 bits per heavy atom. The number of benzene rings is 2. The van der Waals surface area contributed by atoms with Gasteiger partial charge in [0.05, 0.1) is 5.56 Å². The fourth-order valence-corrected chi connectivity index (χ4v) is 2.76. The highest BCUT2D eigenvalue weighted by Gasteiger charge is 2.20. The van der Waals surface area contributed by atoms with Gasteiger partial charge in [0.25, 0.3) is 5.91 Å². The van der Waals surface area contributed by atoms with E-state index in [1.165, 1.54) is 5.56 Å². The summed E-state index contributed by atoms with van der Waals surface area (Å²) < 4.78 is 11.0. The summed E-state index contributed by atoms with van der Waals surface area (Å²) in [7, 11) is 0. The number of ether oxygens (including phenoxy) is 1. The normalized spacial score (nSPS) is 10.7. The molecule has 3 rings (SSSR count). The maximum absolute atomic E-state index is 12.6. The Kier molecular flexibility index (Phi) is 5.81. The molecule has 27 heavy (non-hydrogen) atoms. The molecule has 5 nitrogen and oxygen atoms in total. The van der Waals surface area contributed by atoms with Crippen molar-refractivity contribution in [2.75, 3.05) is 5.32 Å². The van der Waals surface area contributed by atoms with Crippen LogP contribution in [-0.4, -0.2) is 11.1 Å². The highest BCUT2D eigenvalue weighted by atomic mass is 35.5. The number of halogens is 1. The van der Waals surface area contributed by atoms with Gasteiger partial charge in [-0.1, -0.05) is 41.9 Å². The number of amides is 1. The van der Waals surface area contributed by atoms with E-state index in [1.807, 2.05) is 37.3 Å². The first kappa shape index (κ1) is 19.0. The molecule has 0 unspecified atom stereocenters. The lowest BCUT2D eigenvalue weighted by atomic mass is 10.1. The van der Waals surface area contributed by atoms with Gasteiger partial charge in [-0.3, -0.25) is 4.79 Å². The molecular formula is C21H21ClN2O3. The number of hydrogen-bond acceptors (Lipinski definition) is 4. The van der Waals surface area contributed by atoms with Gasteiger partial charge in [0.15, 0.2) is 5.69 Å². The minimum Gasteiger partial charge on any atom is -0.489 e. The zero-order chi connectivity index (χ0) is 19.4. The molecule has 0 fully saturated rings. The molecule has 0 atom stereocenters. The van der Waals surface area contributed by atoms with Gasteiger partial charge in [0.1, 0.15) is 18.1 Å². The van der Waals surface area contributed by atoms with E-state index in [0.717, 1.165) is 17.7 Å². The predicted molar refractivity (Wildman–Crippen MR) is 106 cm³/mol. The van der Waals surface area contributed by atoms with Crippen LogP contribution in [0.1, 0.15) is 39.9 Å². The van der Waals surface area contributed by atoms with Crippen molar-refractivity contribution in [3.8, 4) is 5.75 Å². The molecule has 0 aliphatic carbocycles. The lowest BCUT2D eigenvalue weighted by molar-refractivity contribution is 0.101. The van der Waals surface area contributed by atoms with Crippen LogP contribution in [-0.2, 0) is 13.0 Å². The Labute approximate surface area is 163 Å². The van der Waals surface area contributed by atoms with Gasteiger partial charge in [-0.05, 0) is 55.7 Å². The van der Waals surface area contributed by atoms with Crippen molar-refractivity contribution in [2.45, 2.75) is 33.8 Å². The van der Waals surface area contributed by atoms with E-state index in [1.54, 1.807) is 19.1 Å². The van der Waals surface area contributed by atoms with E-state index in [0.29, 0.717) is 22.0 Å². The molecule has 0 aliphatic heterocycles. The molecule has 0 radical (unpaired) electrons. The number of nitrogens with zero attached hydrogens (tertiary/aromatic N) is 1. The summed E-state index contributed by atoms with van der Waals surface area (Å²) in [5.74, 6) is 0.906. The number of rotatable bonds is 6. The first-order valence-corrected chi connectivity index (χ1v) is 9.10. The summed E-state index contributed by atoms with van der Waals surface area (Å²) >= 11 is 6.11. The minimum absolute atomic E-state index is 0.193. The highest BCUT2D eigenvalue weighted by Crippen LogP contribution is 2.22. The molecular weight excluding hydrogens is 364 g/mol. The van der Waals surface area contributed by atoms with Gasteiger partial charge in [-0.15, -0.1) is 0 Å². The smallest absolute Gasteiger partial charge is 0.278 e. The molecule has 1 heterocycles. The van der Waals surface area contributed by atoms with Crippen molar-refractivity contribution in [2.24, 2.45) is 0 Å². The van der Waals surface area contributed by atoms with Gasteiger partial charge < -0.3 is 14.6 Å². The average Bonchev–Trinajstić information content (AvgIpc) is 3.04. The zero-order valence-electron chi connectivity index (χ0n) is 15.5. The third kappa shape index (κ3) is 4.49. The molecule has 0 saturated carbocycles. The minimum atomic E-state index is -0.369. The molecule has 6 heteroatoms. The van der Waals surface area contributed by atoms with Crippen LogP contribution < -0.4 is 10.1 Å². The maximum Gasteiger partial charge on any atom is 0.278 e. The van der Waals surface area contributed by atoms with Gasteiger partial charge in [0.2, 0.25) is 0 Å². The Hall–Kier alpha value is -2.79. The monoisotopic (exact) mass is 384 g/mol. The van der Waals surface area contributed by atoms with Crippen LogP contribution in [0.2, 0.25) is 5.02 Å². The highest BCUT2D eigenvalue weighted by molar-refractivity contribution is 6.31. The fraction of sp³-hybridized carbons (Fsp3) is 0.238. The van der Waals surface area contributed by atoms with Crippen LogP contribution >= 0.6 is 11.6 Å². The van der Waals surface area contributed by atoms with Crippen LogP contribution in [0.25, 0.3) is 0 Å². The largest absolute Gasteiger partial charge is 0.489 e. The van der Waals surface area contributed by atoms with Crippen LogP contribution in [0.4, 0.5) is 5.69 Å². The van der Waals surface area contributed by atoms with Crippen LogP contribution in [0, 0.1) is 13.8 Å². The Bertz CT molecular complexity index is 949. The standard InChI is InChI=1S/C21H21ClN2O3/c1-4-15-6-9-17(10-7-15)26-12-18-14(3)27-24-20(18)21(25)23-16-8-5-13(2)19(22)11-16/h5-11H,4,12H2,1-3H3,(H,23,25). The van der Waals surface area contributed by atoms with Crippen molar-refractivity contribution >= 4 is 23.2 Å². The summed E-state index contributed by atoms with van der Waals surface area (Å²) in [6, 6.07) is 13.2. The van der Waals surface area contributed by atoms with E-state index >= 15 is 0 Å². The topological polar surface area (TPSA) is 64.4 Å². The zero-order valence-corrected chi connectivity index (χ0v) is 16.3. The first-order chi connectivity index (χ1) is 13.0. The van der Waals surface area contributed by atoms with Crippen molar-refractivity contribution in [1.82, 2.24) is 5.16 Å². The van der Waals surface area contributed by atoms with Crippen molar-refractivity contribution < 1.29 is 14.1 Å². The molecule has 0 spiro atoms. The van der Waals surface area contributed by atoms with Gasteiger partial charge in [0, 0.05) is 10.7 Å². The molecule has 1 N–H and O–H groups in total. The summed E-state index contributed by atoms with van der Waals surface area (Å²) in [5.41, 5.74) is 3.59. The van der Waals surface area contributed by atoms with Gasteiger partial charge >= 0.3 is 0 Å². The van der Waals surface area contributed by atoms with E-state index in [-0.39, 0.29) is 18.2 Å². The van der Waals surface area contributed by atoms with E-state index < -0.39 is 0 Å². The van der Waals surface area contributed by atoms with Crippen molar-refractivity contribution in [1.29, 1.82) is 0 Å². The third-order valence-corrected chi connectivity index (χ3v) is 4.75. The number of nitrogens with one attached hydrogen (secondary N) is 1. The Morgan fingerprint density at radius 3 is 2.59 bits per heavy atom. The lowest BCUT2D eigenvalue weighted by Crippen LogP contribution is -2.15. The van der Waals surface area contributed by atoms with E-state index in [4.69, 9.17) is 20.9 Å². The van der Waals surface area contributed by atoms with E-state index in [2.05, 4.69) is 17.4 Å². The number of carbonyl (C=O) groups is 1. The predicted octanol–water partition coefficient (Wildman–Crippen LogP) is 5.34. The number of carbonyl (C=O) groups excluding carboxylic acids is 1. The van der Waals surface area contributed by atoms with Crippen molar-refractivity contribution in [3.05, 3.63) is 75.6 Å². The van der Waals surface area contributed by atoms with Crippen LogP contribution in [0.5, 0.6) is 5.75 Å². The molecule has 3 aromatic rings. The lowest BCUT2D eigenvalue weighted by Gasteiger charge is -2.08. The SMILES string of the molecule is CCc1ccc(OCc2c(C(=O)Nc3ccc(C)c(Cl)c3)noc2C)cc1. The molecule has 0 saturated heterocycles. The second kappa shape index (κ2) is 8.27. The molecule has 2 aromatic carbocycles. The second-order valence-corrected chi connectivity index (χ2v) is 6.68. The summed E-state index contributed by atoms with van der Waals surface area (Å²) in [6.07, 6.45) is 0.971. The maximum atomic E-state index is 12.6. The first-order valence-electron chi connectivity index (χ1n) is 8.72. The summed E-state index contributed by atoms with van der Waals surface area (Å²) in [6.45, 7) is 5.95. The van der Waals surface area contributed by atoms with E-state index in [9.17, 15) is 4.79 Å². The fourth-order valence-electron chi connectivity index (χ4n) is 2.58. The van der Waals surface area contributed by atoms with Crippen LogP contribution in [0.3, 0.4) is 0 Å². The Balaban J connectivity index is 1.72. The van der Waals surface area contributed by atoms with Crippen LogP contribution in [0.15, 0.2) is 47.0 Å². The summed E-state index contributed by atoms with van der Waals surface area (Å²) in [5, 5.41) is 7.27. The molecule has 1 amide bonds. The molecule has 1 aromatic heterocycles. The number of aromatic nitrogens is 1. The van der Waals surface area contributed by atoms with Gasteiger partial charge in [-0.2, -0.15) is 0 Å². The number of hydrogen-bond donors (Lipinski definition) is 1.